The fourth-order valence-electron chi connectivity index (χ4n) is 4.46. The summed E-state index contributed by atoms with van der Waals surface area (Å²) in [5.41, 5.74) is 2.07. The number of likely N-dealkylation sites (N-methyl/N-ethyl adjacent to an activating group) is 1. The van der Waals surface area contributed by atoms with Crippen LogP contribution in [0.25, 0.3) is 10.8 Å². The summed E-state index contributed by atoms with van der Waals surface area (Å²) in [6.45, 7) is 4.75. The molecule has 1 unspecified atom stereocenters. The molecule has 1 saturated heterocycles. The smallest absolute Gasteiger partial charge is 0.254 e. The standard InChI is InChI=1S/C27H27Cl2N3O2/c1-31(27(33)24-15-19(17-30)14-21-4-2-3-5-23(21)24)18-22(8-9-32-10-12-34-13-11-32)20-6-7-25(28)26(29)16-20/h2-7,14-16,22H,8-13,18H2,1H3. The summed E-state index contributed by atoms with van der Waals surface area (Å²) in [7, 11) is 1.81. The van der Waals surface area contributed by atoms with Gasteiger partial charge in [-0.3, -0.25) is 9.69 Å². The van der Waals surface area contributed by atoms with Crippen LogP contribution in [0.4, 0.5) is 0 Å². The second-order valence-electron chi connectivity index (χ2n) is 8.66. The van der Waals surface area contributed by atoms with Crippen LogP contribution in [0.2, 0.25) is 10.0 Å². The monoisotopic (exact) mass is 495 g/mol. The lowest BCUT2D eigenvalue weighted by Gasteiger charge is -2.30. The number of benzene rings is 3. The molecule has 0 radical (unpaired) electrons. The maximum absolute atomic E-state index is 13.6. The Bertz CT molecular complexity index is 1220. The quantitative estimate of drug-likeness (QED) is 0.428. The highest BCUT2D eigenvalue weighted by Gasteiger charge is 2.22. The molecule has 5 nitrogen and oxygen atoms in total. The summed E-state index contributed by atoms with van der Waals surface area (Å²) in [5, 5.41) is 12.2. The van der Waals surface area contributed by atoms with Gasteiger partial charge in [-0.2, -0.15) is 5.26 Å². The Kier molecular flexibility index (Phi) is 8.07. The Morgan fingerprint density at radius 1 is 1.12 bits per heavy atom. The zero-order valence-corrected chi connectivity index (χ0v) is 20.6. The van der Waals surface area contributed by atoms with Crippen LogP contribution in [0.15, 0.2) is 54.6 Å². The van der Waals surface area contributed by atoms with E-state index in [-0.39, 0.29) is 11.8 Å². The summed E-state index contributed by atoms with van der Waals surface area (Å²) in [6, 6.07) is 19.0. The second-order valence-corrected chi connectivity index (χ2v) is 9.47. The number of nitrogens with zero attached hydrogens (tertiary/aromatic N) is 3. The normalized spacial score (nSPS) is 15.1. The van der Waals surface area contributed by atoms with Gasteiger partial charge in [0.15, 0.2) is 0 Å². The topological polar surface area (TPSA) is 56.6 Å². The molecule has 4 rings (SSSR count). The van der Waals surface area contributed by atoms with Crippen LogP contribution in [0.1, 0.15) is 33.8 Å². The van der Waals surface area contributed by atoms with Crippen LogP contribution in [-0.2, 0) is 4.74 Å². The van der Waals surface area contributed by atoms with Crippen molar-refractivity contribution in [3.63, 3.8) is 0 Å². The Labute approximate surface area is 210 Å². The van der Waals surface area contributed by atoms with Crippen molar-refractivity contribution < 1.29 is 9.53 Å². The van der Waals surface area contributed by atoms with E-state index in [2.05, 4.69) is 11.0 Å². The lowest BCUT2D eigenvalue weighted by atomic mass is 9.94. The molecule has 0 saturated carbocycles. The van der Waals surface area contributed by atoms with Gasteiger partial charge in [0, 0.05) is 38.2 Å². The minimum absolute atomic E-state index is 0.0805. The summed E-state index contributed by atoms with van der Waals surface area (Å²) in [4.78, 5) is 17.7. The van der Waals surface area contributed by atoms with E-state index in [1.807, 2.05) is 55.6 Å². The number of nitriles is 1. The predicted octanol–water partition coefficient (Wildman–Crippen LogP) is 5.60. The molecule has 1 amide bonds. The maximum atomic E-state index is 13.6. The SMILES string of the molecule is CN(CC(CCN1CCOCC1)c1ccc(Cl)c(Cl)c1)C(=O)c1cc(C#N)cc2ccccc12. The molecule has 34 heavy (non-hydrogen) atoms. The third-order valence-electron chi connectivity index (χ3n) is 6.37. The third-order valence-corrected chi connectivity index (χ3v) is 7.11. The number of halogens is 2. The minimum Gasteiger partial charge on any atom is -0.379 e. The first kappa shape index (κ1) is 24.5. The molecule has 7 heteroatoms. The molecule has 3 aromatic carbocycles. The Hall–Kier alpha value is -2.62. The number of fused-ring (bicyclic) bond motifs is 1. The summed E-state index contributed by atoms with van der Waals surface area (Å²) < 4.78 is 5.47. The average Bonchev–Trinajstić information content (AvgIpc) is 2.87. The van der Waals surface area contributed by atoms with E-state index < -0.39 is 0 Å². The largest absolute Gasteiger partial charge is 0.379 e. The van der Waals surface area contributed by atoms with E-state index in [1.165, 1.54) is 0 Å². The van der Waals surface area contributed by atoms with E-state index in [1.54, 1.807) is 11.0 Å². The molecule has 0 aliphatic carbocycles. The first-order valence-electron chi connectivity index (χ1n) is 11.4. The molecule has 1 fully saturated rings. The van der Waals surface area contributed by atoms with Crippen molar-refractivity contribution in [1.29, 1.82) is 5.26 Å². The van der Waals surface area contributed by atoms with Gasteiger partial charge in [-0.25, -0.2) is 0 Å². The van der Waals surface area contributed by atoms with Crippen molar-refractivity contribution in [3.05, 3.63) is 81.3 Å². The first-order valence-corrected chi connectivity index (χ1v) is 12.1. The zero-order chi connectivity index (χ0) is 24.1. The highest BCUT2D eigenvalue weighted by molar-refractivity contribution is 6.42. The van der Waals surface area contributed by atoms with Crippen molar-refractivity contribution in [1.82, 2.24) is 9.80 Å². The van der Waals surface area contributed by atoms with Crippen LogP contribution in [0.5, 0.6) is 0 Å². The zero-order valence-electron chi connectivity index (χ0n) is 19.1. The van der Waals surface area contributed by atoms with Crippen LogP contribution >= 0.6 is 23.2 Å². The van der Waals surface area contributed by atoms with E-state index in [0.717, 1.165) is 55.6 Å². The fourth-order valence-corrected chi connectivity index (χ4v) is 4.77. The second kappa shape index (κ2) is 11.2. The summed E-state index contributed by atoms with van der Waals surface area (Å²) in [6.07, 6.45) is 0.870. The number of morpholine rings is 1. The van der Waals surface area contributed by atoms with Gasteiger partial charge in [-0.05, 0) is 53.6 Å². The van der Waals surface area contributed by atoms with Crippen molar-refractivity contribution in [2.24, 2.45) is 0 Å². The van der Waals surface area contributed by atoms with E-state index in [0.29, 0.717) is 27.7 Å². The van der Waals surface area contributed by atoms with E-state index >= 15 is 0 Å². The van der Waals surface area contributed by atoms with Gasteiger partial charge in [0.1, 0.15) is 0 Å². The van der Waals surface area contributed by atoms with Gasteiger partial charge >= 0.3 is 0 Å². The molecule has 1 aliphatic rings. The van der Waals surface area contributed by atoms with Gasteiger partial charge in [0.05, 0.1) is 34.9 Å². The van der Waals surface area contributed by atoms with Gasteiger partial charge in [-0.1, -0.05) is 53.5 Å². The van der Waals surface area contributed by atoms with Crippen molar-refractivity contribution in [3.8, 4) is 6.07 Å². The van der Waals surface area contributed by atoms with Crippen molar-refractivity contribution in [2.45, 2.75) is 12.3 Å². The highest BCUT2D eigenvalue weighted by atomic mass is 35.5. The Morgan fingerprint density at radius 3 is 2.62 bits per heavy atom. The highest BCUT2D eigenvalue weighted by Crippen LogP contribution is 2.30. The lowest BCUT2D eigenvalue weighted by Crippen LogP contribution is -2.38. The van der Waals surface area contributed by atoms with Crippen molar-refractivity contribution in [2.75, 3.05) is 46.4 Å². The Morgan fingerprint density at radius 2 is 1.88 bits per heavy atom. The van der Waals surface area contributed by atoms with Crippen LogP contribution in [0, 0.1) is 11.3 Å². The predicted molar refractivity (Wildman–Crippen MR) is 137 cm³/mol. The van der Waals surface area contributed by atoms with Crippen LogP contribution in [0.3, 0.4) is 0 Å². The molecule has 3 aromatic rings. The summed E-state index contributed by atoms with van der Waals surface area (Å²) >= 11 is 12.5. The number of hydrogen-bond acceptors (Lipinski definition) is 4. The molecule has 176 valence electrons. The van der Waals surface area contributed by atoms with Crippen LogP contribution < -0.4 is 0 Å². The molecule has 0 N–H and O–H groups in total. The summed E-state index contributed by atoms with van der Waals surface area (Å²) in [5.74, 6) is -0.0262. The van der Waals surface area contributed by atoms with E-state index in [4.69, 9.17) is 27.9 Å². The molecular formula is C27H27Cl2N3O2. The van der Waals surface area contributed by atoms with E-state index in [9.17, 15) is 10.1 Å². The average molecular weight is 496 g/mol. The lowest BCUT2D eigenvalue weighted by molar-refractivity contribution is 0.0361. The number of amides is 1. The van der Waals surface area contributed by atoms with Gasteiger partial charge < -0.3 is 9.64 Å². The molecule has 1 atom stereocenters. The van der Waals surface area contributed by atoms with Crippen molar-refractivity contribution >= 4 is 39.9 Å². The number of rotatable bonds is 7. The minimum atomic E-state index is -0.107. The van der Waals surface area contributed by atoms with Gasteiger partial charge in [0.25, 0.3) is 5.91 Å². The van der Waals surface area contributed by atoms with Gasteiger partial charge in [-0.15, -0.1) is 0 Å². The van der Waals surface area contributed by atoms with Crippen LogP contribution in [-0.4, -0.2) is 62.1 Å². The molecule has 0 bridgehead atoms. The number of ether oxygens (including phenoxy) is 1. The first-order chi connectivity index (χ1) is 16.5. The third kappa shape index (κ3) is 5.71. The number of carbonyl (C=O) groups is 1. The molecule has 0 spiro atoms. The molecular weight excluding hydrogens is 469 g/mol. The maximum Gasteiger partial charge on any atom is 0.254 e. The fraction of sp³-hybridized carbons (Fsp3) is 0.333. The Balaban J connectivity index is 1.58. The van der Waals surface area contributed by atoms with Gasteiger partial charge in [0.2, 0.25) is 0 Å². The number of hydrogen-bond donors (Lipinski definition) is 0. The number of carbonyl (C=O) groups excluding carboxylic acids is 1. The molecule has 1 aliphatic heterocycles. The molecule has 1 heterocycles. The molecule has 0 aromatic heterocycles.